The fraction of sp³-hybridized carbons (Fsp3) is 0.583. The first-order valence-electron chi connectivity index (χ1n) is 4.72. The Bertz CT molecular complexity index is 311. The number of nitrogens with zero attached hydrogens (tertiary/aromatic N) is 1. The molecule has 0 saturated heterocycles. The first kappa shape index (κ1) is 10.1. The van der Waals surface area contributed by atoms with Gasteiger partial charge in [0.2, 0.25) is 0 Å². The Hall–Kier alpha value is -1.03. The van der Waals surface area contributed by atoms with Gasteiger partial charge >= 0.3 is 0 Å². The van der Waals surface area contributed by atoms with Crippen molar-refractivity contribution in [2.75, 3.05) is 0 Å². The van der Waals surface area contributed by atoms with Gasteiger partial charge in [-0.15, -0.1) is 0 Å². The molecule has 1 rings (SSSR count). The van der Waals surface area contributed by atoms with Crippen molar-refractivity contribution in [1.29, 1.82) is 5.26 Å². The van der Waals surface area contributed by atoms with Gasteiger partial charge in [-0.25, -0.2) is 0 Å². The van der Waals surface area contributed by atoms with Gasteiger partial charge in [-0.1, -0.05) is 25.5 Å². The van der Waals surface area contributed by atoms with Crippen molar-refractivity contribution in [2.45, 2.75) is 40.5 Å². The molecule has 0 spiro atoms. The van der Waals surface area contributed by atoms with Gasteiger partial charge < -0.3 is 0 Å². The number of hydrogen-bond donors (Lipinski definition) is 0. The molecule has 0 aromatic rings. The van der Waals surface area contributed by atoms with Crippen LogP contribution in [-0.4, -0.2) is 0 Å². The van der Waals surface area contributed by atoms with Crippen LogP contribution in [0, 0.1) is 16.7 Å². The molecule has 1 nitrogen and oxygen atoms in total. The summed E-state index contributed by atoms with van der Waals surface area (Å²) in [5.74, 6) is 0. The quantitative estimate of drug-likeness (QED) is 0.516. The van der Waals surface area contributed by atoms with Gasteiger partial charge in [-0.2, -0.15) is 5.26 Å². The zero-order chi connectivity index (χ0) is 10.1. The standard InChI is InChI=1S/C12H17N/c1-9-5-11(10(2)8-13)7-12(3,4)6-9/h5H,6-7H2,1-4H3/b11-10-. The van der Waals surface area contributed by atoms with Crippen LogP contribution in [0.1, 0.15) is 40.5 Å². The zero-order valence-electron chi connectivity index (χ0n) is 8.94. The number of rotatable bonds is 0. The van der Waals surface area contributed by atoms with Crippen molar-refractivity contribution in [2.24, 2.45) is 5.41 Å². The molecule has 0 fully saturated rings. The Kier molecular flexibility index (Phi) is 2.61. The number of nitriles is 1. The van der Waals surface area contributed by atoms with Crippen LogP contribution in [0.2, 0.25) is 0 Å². The largest absolute Gasteiger partial charge is 0.193 e. The van der Waals surface area contributed by atoms with Crippen molar-refractivity contribution >= 4 is 0 Å². The molecular formula is C12H17N. The summed E-state index contributed by atoms with van der Waals surface area (Å²) in [5.41, 5.74) is 3.80. The van der Waals surface area contributed by atoms with E-state index in [0.29, 0.717) is 5.41 Å². The maximum absolute atomic E-state index is 8.81. The van der Waals surface area contributed by atoms with Gasteiger partial charge in [-0.3, -0.25) is 0 Å². The summed E-state index contributed by atoms with van der Waals surface area (Å²) in [4.78, 5) is 0. The highest BCUT2D eigenvalue weighted by Crippen LogP contribution is 2.38. The van der Waals surface area contributed by atoms with E-state index in [1.807, 2.05) is 6.92 Å². The third kappa shape index (κ3) is 2.45. The lowest BCUT2D eigenvalue weighted by atomic mass is 9.75. The number of allylic oxidation sites excluding steroid dienone is 4. The molecule has 0 bridgehead atoms. The Morgan fingerprint density at radius 2 is 2.08 bits per heavy atom. The molecular weight excluding hydrogens is 158 g/mol. The second-order valence-electron chi connectivity index (χ2n) is 4.77. The minimum atomic E-state index is 0.326. The van der Waals surface area contributed by atoms with Gasteiger partial charge in [0.25, 0.3) is 0 Å². The van der Waals surface area contributed by atoms with E-state index in [1.165, 1.54) is 11.1 Å². The van der Waals surface area contributed by atoms with E-state index >= 15 is 0 Å². The second-order valence-corrected chi connectivity index (χ2v) is 4.77. The predicted molar refractivity (Wildman–Crippen MR) is 55.1 cm³/mol. The maximum atomic E-state index is 8.81. The lowest BCUT2D eigenvalue weighted by Crippen LogP contribution is -2.16. The molecule has 1 heteroatoms. The third-order valence-electron chi connectivity index (χ3n) is 2.50. The van der Waals surface area contributed by atoms with Crippen LogP contribution in [0.4, 0.5) is 0 Å². The van der Waals surface area contributed by atoms with Gasteiger partial charge in [0.05, 0.1) is 6.07 Å². The van der Waals surface area contributed by atoms with E-state index < -0.39 is 0 Å². The summed E-state index contributed by atoms with van der Waals surface area (Å²) in [6.45, 7) is 8.56. The molecule has 0 saturated carbocycles. The predicted octanol–water partition coefficient (Wildman–Crippen LogP) is 3.59. The average molecular weight is 175 g/mol. The summed E-state index contributed by atoms with van der Waals surface area (Å²) in [7, 11) is 0. The van der Waals surface area contributed by atoms with Crippen LogP contribution < -0.4 is 0 Å². The van der Waals surface area contributed by atoms with E-state index in [0.717, 1.165) is 18.4 Å². The SMILES string of the molecule is CC1=C/C(=C(\C)C#N)CC(C)(C)C1. The Morgan fingerprint density at radius 1 is 1.46 bits per heavy atom. The highest BCUT2D eigenvalue weighted by molar-refractivity contribution is 5.38. The fourth-order valence-corrected chi connectivity index (χ4v) is 2.05. The van der Waals surface area contributed by atoms with Crippen molar-refractivity contribution in [3.05, 3.63) is 22.8 Å². The van der Waals surface area contributed by atoms with Crippen LogP contribution in [0.3, 0.4) is 0 Å². The molecule has 0 radical (unpaired) electrons. The molecule has 0 amide bonds. The molecule has 0 atom stereocenters. The minimum Gasteiger partial charge on any atom is -0.193 e. The molecule has 1 aliphatic carbocycles. The number of hydrogen-bond acceptors (Lipinski definition) is 1. The molecule has 1 aliphatic rings. The molecule has 0 aliphatic heterocycles. The molecule has 0 N–H and O–H groups in total. The molecule has 70 valence electrons. The van der Waals surface area contributed by atoms with Crippen LogP contribution in [-0.2, 0) is 0 Å². The van der Waals surface area contributed by atoms with Gasteiger partial charge in [0.15, 0.2) is 0 Å². The summed E-state index contributed by atoms with van der Waals surface area (Å²) in [6, 6.07) is 2.23. The lowest BCUT2D eigenvalue weighted by Gasteiger charge is -2.30. The summed E-state index contributed by atoms with van der Waals surface area (Å²) in [6.07, 6.45) is 4.35. The molecule has 0 unspecified atom stereocenters. The fourth-order valence-electron chi connectivity index (χ4n) is 2.05. The Morgan fingerprint density at radius 3 is 2.54 bits per heavy atom. The second kappa shape index (κ2) is 3.38. The van der Waals surface area contributed by atoms with Crippen LogP contribution >= 0.6 is 0 Å². The van der Waals surface area contributed by atoms with E-state index in [-0.39, 0.29) is 0 Å². The first-order valence-corrected chi connectivity index (χ1v) is 4.72. The summed E-state index contributed by atoms with van der Waals surface area (Å²) in [5, 5.41) is 8.81. The molecule has 0 aromatic heterocycles. The molecule has 0 aromatic carbocycles. The first-order chi connectivity index (χ1) is 5.94. The van der Waals surface area contributed by atoms with E-state index in [9.17, 15) is 0 Å². The lowest BCUT2D eigenvalue weighted by molar-refractivity contribution is 0.351. The Balaban J connectivity index is 3.06. The van der Waals surface area contributed by atoms with Gasteiger partial charge in [-0.05, 0) is 37.7 Å². The summed E-state index contributed by atoms with van der Waals surface area (Å²) < 4.78 is 0. The van der Waals surface area contributed by atoms with Crippen molar-refractivity contribution in [1.82, 2.24) is 0 Å². The van der Waals surface area contributed by atoms with Gasteiger partial charge in [0, 0.05) is 5.57 Å². The average Bonchev–Trinajstić information content (AvgIpc) is 1.99. The highest BCUT2D eigenvalue weighted by atomic mass is 14.3. The van der Waals surface area contributed by atoms with E-state index in [4.69, 9.17) is 5.26 Å². The highest BCUT2D eigenvalue weighted by Gasteiger charge is 2.24. The third-order valence-corrected chi connectivity index (χ3v) is 2.50. The van der Waals surface area contributed by atoms with Crippen molar-refractivity contribution < 1.29 is 0 Å². The van der Waals surface area contributed by atoms with Crippen LogP contribution in [0.5, 0.6) is 0 Å². The monoisotopic (exact) mass is 175 g/mol. The topological polar surface area (TPSA) is 23.8 Å². The zero-order valence-corrected chi connectivity index (χ0v) is 8.94. The van der Waals surface area contributed by atoms with Gasteiger partial charge in [0.1, 0.15) is 0 Å². The Labute approximate surface area is 80.8 Å². The molecule has 0 heterocycles. The van der Waals surface area contributed by atoms with Crippen LogP contribution in [0.25, 0.3) is 0 Å². The normalized spacial score (nSPS) is 24.7. The molecule has 13 heavy (non-hydrogen) atoms. The minimum absolute atomic E-state index is 0.326. The van der Waals surface area contributed by atoms with Crippen molar-refractivity contribution in [3.63, 3.8) is 0 Å². The van der Waals surface area contributed by atoms with E-state index in [1.54, 1.807) is 0 Å². The van der Waals surface area contributed by atoms with E-state index in [2.05, 4.69) is 32.9 Å². The van der Waals surface area contributed by atoms with Crippen LogP contribution in [0.15, 0.2) is 22.8 Å². The van der Waals surface area contributed by atoms with Crippen molar-refractivity contribution in [3.8, 4) is 6.07 Å². The summed E-state index contributed by atoms with van der Waals surface area (Å²) >= 11 is 0. The smallest absolute Gasteiger partial charge is 0.0946 e. The maximum Gasteiger partial charge on any atom is 0.0946 e.